The molecule has 0 saturated carbocycles. The quantitative estimate of drug-likeness (QED) is 0.625. The number of halogens is 2. The minimum atomic E-state index is -0.272. The van der Waals surface area contributed by atoms with Crippen LogP contribution in [0, 0.1) is 5.92 Å². The van der Waals surface area contributed by atoms with Crippen molar-refractivity contribution in [3.8, 4) is 5.75 Å². The number of alkyl halides is 1. The Morgan fingerprint density at radius 3 is 2.29 bits per heavy atom. The molecule has 0 amide bonds. The van der Waals surface area contributed by atoms with Crippen LogP contribution in [-0.2, 0) is 6.42 Å². The monoisotopic (exact) mass is 322 g/mol. The van der Waals surface area contributed by atoms with Crippen LogP contribution in [0.25, 0.3) is 0 Å². The average Bonchev–Trinajstić information content (AvgIpc) is 2.46. The molecule has 0 spiro atoms. The molecule has 21 heavy (non-hydrogen) atoms. The van der Waals surface area contributed by atoms with Crippen LogP contribution in [0.4, 0.5) is 0 Å². The van der Waals surface area contributed by atoms with Gasteiger partial charge in [0, 0.05) is 10.6 Å². The minimum absolute atomic E-state index is 0.272. The van der Waals surface area contributed by atoms with E-state index < -0.39 is 0 Å². The number of benzene rings is 2. The van der Waals surface area contributed by atoms with Gasteiger partial charge in [0.15, 0.2) is 0 Å². The zero-order chi connectivity index (χ0) is 15.4. The molecule has 2 aromatic carbocycles. The molecule has 0 bridgehead atoms. The Labute approximate surface area is 136 Å². The molecule has 112 valence electrons. The Bertz CT molecular complexity index is 591. The van der Waals surface area contributed by atoms with E-state index in [1.807, 2.05) is 12.1 Å². The summed E-state index contributed by atoms with van der Waals surface area (Å²) in [6.45, 7) is 4.43. The van der Waals surface area contributed by atoms with Gasteiger partial charge in [-0.2, -0.15) is 0 Å². The van der Waals surface area contributed by atoms with Crippen LogP contribution in [0.3, 0.4) is 0 Å². The Hall–Kier alpha value is -1.18. The fraction of sp³-hybridized carbons (Fsp3) is 0.333. The maximum Gasteiger partial charge on any atom is 0.123 e. The first-order chi connectivity index (χ1) is 10.0. The molecular formula is C18H20Cl2O. The second kappa shape index (κ2) is 7.20. The first-order valence-electron chi connectivity index (χ1n) is 7.07. The third kappa shape index (κ3) is 4.15. The van der Waals surface area contributed by atoms with Gasteiger partial charge in [-0.1, -0.05) is 49.7 Å². The Balaban J connectivity index is 2.27. The summed E-state index contributed by atoms with van der Waals surface area (Å²) >= 11 is 12.7. The highest BCUT2D eigenvalue weighted by Gasteiger charge is 2.16. The van der Waals surface area contributed by atoms with Crippen molar-refractivity contribution >= 4 is 23.2 Å². The lowest BCUT2D eigenvalue weighted by atomic mass is 9.98. The van der Waals surface area contributed by atoms with Gasteiger partial charge >= 0.3 is 0 Å². The highest BCUT2D eigenvalue weighted by Crippen LogP contribution is 2.36. The molecule has 2 aromatic rings. The van der Waals surface area contributed by atoms with E-state index in [1.54, 1.807) is 13.2 Å². The smallest absolute Gasteiger partial charge is 0.123 e. The van der Waals surface area contributed by atoms with Crippen LogP contribution < -0.4 is 4.74 Å². The number of rotatable bonds is 5. The van der Waals surface area contributed by atoms with Gasteiger partial charge in [0.2, 0.25) is 0 Å². The zero-order valence-electron chi connectivity index (χ0n) is 12.6. The van der Waals surface area contributed by atoms with Crippen LogP contribution >= 0.6 is 23.2 Å². The van der Waals surface area contributed by atoms with Crippen LogP contribution in [0.1, 0.15) is 35.9 Å². The van der Waals surface area contributed by atoms with Gasteiger partial charge < -0.3 is 4.74 Å². The van der Waals surface area contributed by atoms with Crippen molar-refractivity contribution in [2.45, 2.75) is 25.6 Å². The summed E-state index contributed by atoms with van der Waals surface area (Å²) in [5.41, 5.74) is 3.27. The van der Waals surface area contributed by atoms with E-state index in [9.17, 15) is 0 Å². The van der Waals surface area contributed by atoms with Gasteiger partial charge in [0.1, 0.15) is 5.75 Å². The van der Waals surface area contributed by atoms with Crippen molar-refractivity contribution in [3.05, 3.63) is 64.2 Å². The van der Waals surface area contributed by atoms with Crippen molar-refractivity contribution < 1.29 is 4.74 Å². The number of ether oxygens (including phenoxy) is 1. The van der Waals surface area contributed by atoms with E-state index in [1.165, 1.54) is 5.56 Å². The Morgan fingerprint density at radius 1 is 1.05 bits per heavy atom. The Morgan fingerprint density at radius 2 is 1.71 bits per heavy atom. The van der Waals surface area contributed by atoms with Crippen molar-refractivity contribution in [1.29, 1.82) is 0 Å². The van der Waals surface area contributed by atoms with Gasteiger partial charge in [-0.05, 0) is 41.7 Å². The molecular weight excluding hydrogens is 303 g/mol. The molecule has 3 heteroatoms. The van der Waals surface area contributed by atoms with Crippen molar-refractivity contribution in [2.24, 2.45) is 5.92 Å². The predicted octanol–water partition coefficient (Wildman–Crippen LogP) is 5.88. The van der Waals surface area contributed by atoms with E-state index in [-0.39, 0.29) is 5.38 Å². The minimum Gasteiger partial charge on any atom is -0.496 e. The fourth-order valence-corrected chi connectivity index (χ4v) is 2.87. The summed E-state index contributed by atoms with van der Waals surface area (Å²) in [5.74, 6) is 1.40. The van der Waals surface area contributed by atoms with Gasteiger partial charge in [-0.3, -0.25) is 0 Å². The maximum absolute atomic E-state index is 6.61. The van der Waals surface area contributed by atoms with E-state index in [4.69, 9.17) is 27.9 Å². The van der Waals surface area contributed by atoms with Gasteiger partial charge in [0.25, 0.3) is 0 Å². The van der Waals surface area contributed by atoms with Gasteiger partial charge in [-0.25, -0.2) is 0 Å². The maximum atomic E-state index is 6.61. The van der Waals surface area contributed by atoms with E-state index >= 15 is 0 Å². The number of hydrogen-bond donors (Lipinski definition) is 0. The van der Waals surface area contributed by atoms with Crippen LogP contribution in [0.5, 0.6) is 5.75 Å². The van der Waals surface area contributed by atoms with Crippen molar-refractivity contribution in [1.82, 2.24) is 0 Å². The first kappa shape index (κ1) is 16.2. The summed E-state index contributed by atoms with van der Waals surface area (Å²) in [6, 6.07) is 14.0. The summed E-state index contributed by atoms with van der Waals surface area (Å²) < 4.78 is 5.38. The predicted molar refractivity (Wildman–Crippen MR) is 90.7 cm³/mol. The van der Waals surface area contributed by atoms with E-state index in [2.05, 4.69) is 38.1 Å². The Kier molecular flexibility index (Phi) is 5.55. The molecule has 0 saturated heterocycles. The van der Waals surface area contributed by atoms with Crippen LogP contribution in [0.2, 0.25) is 5.02 Å². The molecule has 0 heterocycles. The van der Waals surface area contributed by atoms with Crippen molar-refractivity contribution in [3.63, 3.8) is 0 Å². The average molecular weight is 323 g/mol. The molecule has 1 atom stereocenters. The SMILES string of the molecule is COc1ccc(Cl)cc1C(Cl)c1ccc(CC(C)C)cc1. The lowest BCUT2D eigenvalue weighted by molar-refractivity contribution is 0.410. The second-order valence-corrected chi connectivity index (χ2v) is 6.46. The molecule has 0 aromatic heterocycles. The standard InChI is InChI=1S/C18H20Cl2O/c1-12(2)10-13-4-6-14(7-5-13)18(20)16-11-15(19)8-9-17(16)21-3/h4-9,11-12,18H,10H2,1-3H3. The molecule has 0 aliphatic rings. The third-order valence-electron chi connectivity index (χ3n) is 3.38. The first-order valence-corrected chi connectivity index (χ1v) is 7.89. The summed E-state index contributed by atoms with van der Waals surface area (Å²) in [7, 11) is 1.64. The third-order valence-corrected chi connectivity index (χ3v) is 4.10. The molecule has 0 aliphatic heterocycles. The molecule has 1 unspecified atom stereocenters. The lowest BCUT2D eigenvalue weighted by Crippen LogP contribution is -1.99. The molecule has 2 rings (SSSR count). The van der Waals surface area contributed by atoms with E-state index in [0.717, 1.165) is 23.3 Å². The van der Waals surface area contributed by atoms with Gasteiger partial charge in [0.05, 0.1) is 12.5 Å². The molecule has 1 nitrogen and oxygen atoms in total. The van der Waals surface area contributed by atoms with Gasteiger partial charge in [-0.15, -0.1) is 11.6 Å². The lowest BCUT2D eigenvalue weighted by Gasteiger charge is -2.15. The highest BCUT2D eigenvalue weighted by atomic mass is 35.5. The van der Waals surface area contributed by atoms with Crippen LogP contribution in [0.15, 0.2) is 42.5 Å². The number of methoxy groups -OCH3 is 1. The molecule has 0 aliphatic carbocycles. The summed E-state index contributed by atoms with van der Waals surface area (Å²) in [4.78, 5) is 0. The molecule has 0 N–H and O–H groups in total. The molecule has 0 radical (unpaired) electrons. The second-order valence-electron chi connectivity index (χ2n) is 5.59. The van der Waals surface area contributed by atoms with Crippen LogP contribution in [-0.4, -0.2) is 7.11 Å². The highest BCUT2D eigenvalue weighted by molar-refractivity contribution is 6.31. The van der Waals surface area contributed by atoms with Crippen molar-refractivity contribution in [2.75, 3.05) is 7.11 Å². The topological polar surface area (TPSA) is 9.23 Å². The largest absolute Gasteiger partial charge is 0.496 e. The molecule has 0 fully saturated rings. The number of hydrogen-bond acceptors (Lipinski definition) is 1. The summed E-state index contributed by atoms with van der Waals surface area (Å²) in [5, 5.41) is 0.389. The fourth-order valence-electron chi connectivity index (χ4n) is 2.38. The normalized spacial score (nSPS) is 12.5. The van der Waals surface area contributed by atoms with E-state index in [0.29, 0.717) is 10.9 Å². The zero-order valence-corrected chi connectivity index (χ0v) is 14.1. The summed E-state index contributed by atoms with van der Waals surface area (Å²) in [6.07, 6.45) is 1.08.